The summed E-state index contributed by atoms with van der Waals surface area (Å²) < 4.78 is 5.28. The molecule has 1 fully saturated rings. The van der Waals surface area contributed by atoms with Gasteiger partial charge in [-0.2, -0.15) is 0 Å². The molecule has 1 atom stereocenters. The van der Waals surface area contributed by atoms with Gasteiger partial charge in [0.25, 0.3) is 5.91 Å². The lowest BCUT2D eigenvalue weighted by molar-refractivity contribution is 0.102. The quantitative estimate of drug-likeness (QED) is 0.886. The van der Waals surface area contributed by atoms with Gasteiger partial charge in [0.1, 0.15) is 0 Å². The van der Waals surface area contributed by atoms with Crippen LogP contribution < -0.4 is 15.4 Å². The Morgan fingerprint density at radius 1 is 1.29 bits per heavy atom. The molecule has 0 radical (unpaired) electrons. The van der Waals surface area contributed by atoms with Crippen molar-refractivity contribution in [1.29, 1.82) is 0 Å². The summed E-state index contributed by atoms with van der Waals surface area (Å²) in [5.41, 5.74) is 2.63. The van der Waals surface area contributed by atoms with Gasteiger partial charge in [0.2, 0.25) is 5.88 Å². The van der Waals surface area contributed by atoms with Crippen molar-refractivity contribution >= 4 is 11.6 Å². The summed E-state index contributed by atoms with van der Waals surface area (Å²) >= 11 is 0. The minimum atomic E-state index is -0.169. The number of aromatic nitrogens is 1. The Morgan fingerprint density at radius 3 is 2.75 bits per heavy atom. The molecule has 126 valence electrons. The molecule has 2 heterocycles. The minimum Gasteiger partial charge on any atom is -0.478 e. The molecular weight excluding hydrogens is 302 g/mol. The Bertz CT molecular complexity index is 662. The monoisotopic (exact) mass is 325 g/mol. The van der Waals surface area contributed by atoms with Gasteiger partial charge in [-0.1, -0.05) is 12.1 Å². The van der Waals surface area contributed by atoms with Crippen molar-refractivity contribution < 1.29 is 9.53 Å². The largest absolute Gasteiger partial charge is 0.478 e. The highest BCUT2D eigenvalue weighted by Gasteiger charge is 2.15. The molecule has 1 aromatic carbocycles. The fourth-order valence-corrected chi connectivity index (χ4v) is 2.93. The van der Waals surface area contributed by atoms with E-state index in [0.717, 1.165) is 18.8 Å². The maximum absolute atomic E-state index is 12.3. The zero-order chi connectivity index (χ0) is 16.8. The van der Waals surface area contributed by atoms with Gasteiger partial charge in [-0.15, -0.1) is 0 Å². The number of nitrogens with one attached hydrogen (secondary N) is 2. The lowest BCUT2D eigenvalue weighted by Gasteiger charge is -2.23. The van der Waals surface area contributed by atoms with Crippen LogP contribution in [-0.4, -0.2) is 30.6 Å². The van der Waals surface area contributed by atoms with Gasteiger partial charge < -0.3 is 15.4 Å². The van der Waals surface area contributed by atoms with E-state index >= 15 is 0 Å². The van der Waals surface area contributed by atoms with Crippen LogP contribution in [-0.2, 0) is 0 Å². The average molecular weight is 325 g/mol. The SMILES string of the molecule is CCOc1ccc(C(=O)Nc2ccc(C3CCCNC3)cc2)cn1. The molecule has 1 aromatic heterocycles. The number of amides is 1. The molecule has 5 heteroatoms. The van der Waals surface area contributed by atoms with Crippen LogP contribution in [0.2, 0.25) is 0 Å². The van der Waals surface area contributed by atoms with Gasteiger partial charge in [-0.3, -0.25) is 4.79 Å². The highest BCUT2D eigenvalue weighted by Crippen LogP contribution is 2.24. The Balaban J connectivity index is 1.61. The maximum Gasteiger partial charge on any atom is 0.257 e. The molecule has 1 saturated heterocycles. The molecule has 0 aliphatic carbocycles. The van der Waals surface area contributed by atoms with Crippen LogP contribution in [0.1, 0.15) is 41.6 Å². The van der Waals surface area contributed by atoms with E-state index in [2.05, 4.69) is 27.8 Å². The number of piperidine rings is 1. The topological polar surface area (TPSA) is 63.2 Å². The average Bonchev–Trinajstić information content (AvgIpc) is 2.64. The minimum absolute atomic E-state index is 0.169. The number of anilines is 1. The van der Waals surface area contributed by atoms with Crippen LogP contribution in [0.25, 0.3) is 0 Å². The van der Waals surface area contributed by atoms with E-state index < -0.39 is 0 Å². The van der Waals surface area contributed by atoms with Gasteiger partial charge in [0.05, 0.1) is 12.2 Å². The molecule has 24 heavy (non-hydrogen) atoms. The van der Waals surface area contributed by atoms with Crippen LogP contribution in [0.15, 0.2) is 42.6 Å². The second kappa shape index (κ2) is 7.93. The van der Waals surface area contributed by atoms with Crippen molar-refractivity contribution in [3.63, 3.8) is 0 Å². The maximum atomic E-state index is 12.3. The molecule has 0 bridgehead atoms. The van der Waals surface area contributed by atoms with Crippen LogP contribution in [0, 0.1) is 0 Å². The number of ether oxygens (including phenoxy) is 1. The smallest absolute Gasteiger partial charge is 0.257 e. The fourth-order valence-electron chi connectivity index (χ4n) is 2.93. The van der Waals surface area contributed by atoms with Crippen molar-refractivity contribution in [3.8, 4) is 5.88 Å². The highest BCUT2D eigenvalue weighted by molar-refractivity contribution is 6.04. The number of hydrogen-bond donors (Lipinski definition) is 2. The van der Waals surface area contributed by atoms with Crippen molar-refractivity contribution in [3.05, 3.63) is 53.7 Å². The first-order valence-electron chi connectivity index (χ1n) is 8.47. The van der Waals surface area contributed by atoms with E-state index in [1.54, 1.807) is 12.1 Å². The predicted molar refractivity (Wildman–Crippen MR) is 94.6 cm³/mol. The Morgan fingerprint density at radius 2 is 2.12 bits per heavy atom. The molecule has 5 nitrogen and oxygen atoms in total. The first-order chi connectivity index (χ1) is 11.8. The second-order valence-electron chi connectivity index (χ2n) is 5.94. The highest BCUT2D eigenvalue weighted by atomic mass is 16.5. The van der Waals surface area contributed by atoms with Crippen molar-refractivity contribution in [2.45, 2.75) is 25.7 Å². The first kappa shape index (κ1) is 16.5. The van der Waals surface area contributed by atoms with E-state index in [-0.39, 0.29) is 5.91 Å². The predicted octanol–water partition coefficient (Wildman–Crippen LogP) is 3.20. The van der Waals surface area contributed by atoms with Gasteiger partial charge in [0, 0.05) is 24.5 Å². The third-order valence-corrected chi connectivity index (χ3v) is 4.23. The van der Waals surface area contributed by atoms with E-state index in [1.165, 1.54) is 24.6 Å². The molecule has 2 N–H and O–H groups in total. The molecule has 0 saturated carbocycles. The van der Waals surface area contributed by atoms with Crippen molar-refractivity contribution in [2.75, 3.05) is 25.0 Å². The number of hydrogen-bond acceptors (Lipinski definition) is 4. The standard InChI is InChI=1S/C19H23N3O2/c1-2-24-18-10-7-16(13-21-18)19(23)22-17-8-5-14(6-9-17)15-4-3-11-20-12-15/h5-10,13,15,20H,2-4,11-12H2,1H3,(H,22,23). The molecule has 1 unspecified atom stereocenters. The number of pyridine rings is 1. The zero-order valence-corrected chi connectivity index (χ0v) is 13.9. The Kier molecular flexibility index (Phi) is 5.43. The van der Waals surface area contributed by atoms with Gasteiger partial charge in [0.15, 0.2) is 0 Å². The molecule has 0 spiro atoms. The molecule has 3 rings (SSSR count). The number of nitrogens with zero attached hydrogens (tertiary/aromatic N) is 1. The van der Waals surface area contributed by atoms with E-state index in [9.17, 15) is 4.79 Å². The van der Waals surface area contributed by atoms with Gasteiger partial charge >= 0.3 is 0 Å². The summed E-state index contributed by atoms with van der Waals surface area (Å²) in [6, 6.07) is 11.5. The zero-order valence-electron chi connectivity index (χ0n) is 13.9. The summed E-state index contributed by atoms with van der Waals surface area (Å²) in [7, 11) is 0. The second-order valence-corrected chi connectivity index (χ2v) is 5.94. The number of carbonyl (C=O) groups is 1. The van der Waals surface area contributed by atoms with Gasteiger partial charge in [-0.25, -0.2) is 4.98 Å². The molecule has 1 amide bonds. The summed E-state index contributed by atoms with van der Waals surface area (Å²) in [6.45, 7) is 4.60. The summed E-state index contributed by atoms with van der Waals surface area (Å²) in [5.74, 6) is 0.927. The third kappa shape index (κ3) is 4.11. The molecular formula is C19H23N3O2. The van der Waals surface area contributed by atoms with Crippen molar-refractivity contribution in [2.24, 2.45) is 0 Å². The van der Waals surface area contributed by atoms with Crippen LogP contribution in [0.4, 0.5) is 5.69 Å². The third-order valence-electron chi connectivity index (χ3n) is 4.23. The molecule has 2 aromatic rings. The number of rotatable bonds is 5. The Hall–Kier alpha value is -2.40. The van der Waals surface area contributed by atoms with Gasteiger partial charge in [-0.05, 0) is 56.0 Å². The summed E-state index contributed by atoms with van der Waals surface area (Å²) in [6.07, 6.45) is 3.97. The van der Waals surface area contributed by atoms with Crippen LogP contribution in [0.5, 0.6) is 5.88 Å². The van der Waals surface area contributed by atoms with Crippen LogP contribution >= 0.6 is 0 Å². The molecule has 1 aliphatic heterocycles. The summed E-state index contributed by atoms with van der Waals surface area (Å²) in [4.78, 5) is 16.4. The lowest BCUT2D eigenvalue weighted by Crippen LogP contribution is -2.28. The van der Waals surface area contributed by atoms with Crippen molar-refractivity contribution in [1.82, 2.24) is 10.3 Å². The first-order valence-corrected chi connectivity index (χ1v) is 8.47. The fraction of sp³-hybridized carbons (Fsp3) is 0.368. The number of carbonyl (C=O) groups excluding carboxylic acids is 1. The summed E-state index contributed by atoms with van der Waals surface area (Å²) in [5, 5.41) is 6.33. The Labute approximate surface area is 142 Å². The van der Waals surface area contributed by atoms with E-state index in [4.69, 9.17) is 4.74 Å². The van der Waals surface area contributed by atoms with E-state index in [1.807, 2.05) is 19.1 Å². The van der Waals surface area contributed by atoms with Crippen LogP contribution in [0.3, 0.4) is 0 Å². The normalized spacial score (nSPS) is 17.3. The molecule has 1 aliphatic rings. The number of benzene rings is 1. The van der Waals surface area contributed by atoms with E-state index in [0.29, 0.717) is 24.0 Å². The lowest BCUT2D eigenvalue weighted by atomic mass is 9.92.